The van der Waals surface area contributed by atoms with E-state index < -0.39 is 11.9 Å². The van der Waals surface area contributed by atoms with Crippen LogP contribution in [0.1, 0.15) is 38.5 Å². The van der Waals surface area contributed by atoms with Gasteiger partial charge in [0.25, 0.3) is 0 Å². The topological polar surface area (TPSA) is 75.6 Å². The van der Waals surface area contributed by atoms with E-state index in [1.807, 2.05) is 0 Å². The third-order valence-corrected chi connectivity index (χ3v) is 4.82. The number of hydrogen-bond donors (Lipinski definition) is 2. The van der Waals surface area contributed by atoms with Gasteiger partial charge in [0.05, 0.1) is 11.8 Å². The Morgan fingerprint density at radius 1 is 1.32 bits per heavy atom. The van der Waals surface area contributed by atoms with Gasteiger partial charge in [0.1, 0.15) is 0 Å². The lowest BCUT2D eigenvalue weighted by molar-refractivity contribution is -0.153. The average Bonchev–Trinajstić information content (AvgIpc) is 2.25. The molecule has 2 saturated carbocycles. The van der Waals surface area contributed by atoms with E-state index in [1.54, 1.807) is 7.11 Å². The van der Waals surface area contributed by atoms with Gasteiger partial charge in [-0.2, -0.15) is 0 Å². The minimum absolute atomic E-state index is 0.0812. The SMILES string of the molecule is COCCC1(CNC(=O)C2CCC2C(=O)O)CCC1. The number of carboxylic acid groups (broad SMARTS) is 1. The maximum Gasteiger partial charge on any atom is 0.307 e. The Labute approximate surface area is 113 Å². The number of rotatable bonds is 7. The number of ether oxygens (including phenoxy) is 1. The van der Waals surface area contributed by atoms with Crippen LogP contribution in [0.5, 0.6) is 0 Å². The summed E-state index contributed by atoms with van der Waals surface area (Å²) < 4.78 is 5.12. The summed E-state index contributed by atoms with van der Waals surface area (Å²) in [5.74, 6) is -1.72. The standard InChI is InChI=1S/C14H23NO4/c1-19-8-7-14(5-2-6-14)9-15-12(16)10-3-4-11(10)13(17)18/h10-11H,2-9H2,1H3,(H,15,16)(H,17,18). The monoisotopic (exact) mass is 269 g/mol. The number of nitrogens with one attached hydrogen (secondary N) is 1. The van der Waals surface area contributed by atoms with E-state index in [-0.39, 0.29) is 17.2 Å². The summed E-state index contributed by atoms with van der Waals surface area (Å²) in [7, 11) is 1.69. The van der Waals surface area contributed by atoms with Crippen molar-refractivity contribution in [1.29, 1.82) is 0 Å². The van der Waals surface area contributed by atoms with Crippen LogP contribution >= 0.6 is 0 Å². The minimum atomic E-state index is -0.843. The molecule has 2 unspecified atom stereocenters. The lowest BCUT2D eigenvalue weighted by atomic mass is 9.66. The molecule has 5 nitrogen and oxygen atoms in total. The molecule has 0 heterocycles. The minimum Gasteiger partial charge on any atom is -0.481 e. The van der Waals surface area contributed by atoms with Crippen molar-refractivity contribution >= 4 is 11.9 Å². The molecule has 2 aliphatic carbocycles. The van der Waals surface area contributed by atoms with Crippen molar-refractivity contribution in [3.05, 3.63) is 0 Å². The Bertz CT molecular complexity index is 351. The lowest BCUT2D eigenvalue weighted by Crippen LogP contribution is -2.49. The summed E-state index contributed by atoms with van der Waals surface area (Å²) in [6.45, 7) is 1.38. The molecule has 2 aliphatic rings. The fraction of sp³-hybridized carbons (Fsp3) is 0.857. The van der Waals surface area contributed by atoms with Crippen LogP contribution < -0.4 is 5.32 Å². The highest BCUT2D eigenvalue weighted by Gasteiger charge is 2.43. The third-order valence-electron chi connectivity index (χ3n) is 4.82. The van der Waals surface area contributed by atoms with Crippen LogP contribution in [0.3, 0.4) is 0 Å². The van der Waals surface area contributed by atoms with Crippen LogP contribution in [-0.2, 0) is 14.3 Å². The molecule has 0 spiro atoms. The summed E-state index contributed by atoms with van der Waals surface area (Å²) in [6.07, 6.45) is 5.76. The van der Waals surface area contributed by atoms with E-state index in [1.165, 1.54) is 6.42 Å². The first-order valence-corrected chi connectivity index (χ1v) is 7.07. The summed E-state index contributed by atoms with van der Waals surface area (Å²) in [5, 5.41) is 11.9. The first-order chi connectivity index (χ1) is 9.08. The van der Waals surface area contributed by atoms with Gasteiger partial charge in [-0.15, -0.1) is 0 Å². The van der Waals surface area contributed by atoms with Gasteiger partial charge < -0.3 is 15.2 Å². The summed E-state index contributed by atoms with van der Waals surface area (Å²) in [4.78, 5) is 22.9. The molecule has 0 bridgehead atoms. The molecule has 0 aliphatic heterocycles. The number of amides is 1. The number of hydrogen-bond acceptors (Lipinski definition) is 3. The quantitative estimate of drug-likeness (QED) is 0.733. The second-order valence-corrected chi connectivity index (χ2v) is 5.94. The predicted molar refractivity (Wildman–Crippen MR) is 69.6 cm³/mol. The highest BCUT2D eigenvalue weighted by molar-refractivity contribution is 5.86. The van der Waals surface area contributed by atoms with Gasteiger partial charge in [-0.05, 0) is 37.5 Å². The van der Waals surface area contributed by atoms with Crippen molar-refractivity contribution in [2.75, 3.05) is 20.3 Å². The van der Waals surface area contributed by atoms with E-state index in [0.29, 0.717) is 19.4 Å². The van der Waals surface area contributed by atoms with Crippen LogP contribution in [0.2, 0.25) is 0 Å². The van der Waals surface area contributed by atoms with E-state index in [2.05, 4.69) is 5.32 Å². The summed E-state index contributed by atoms with van der Waals surface area (Å²) >= 11 is 0. The molecular formula is C14H23NO4. The molecule has 2 fully saturated rings. The molecule has 5 heteroatoms. The highest BCUT2D eigenvalue weighted by Crippen LogP contribution is 2.43. The molecule has 1 amide bonds. The lowest BCUT2D eigenvalue weighted by Gasteiger charge is -2.43. The molecule has 0 saturated heterocycles. The number of carbonyl (C=O) groups excluding carboxylic acids is 1. The van der Waals surface area contributed by atoms with Crippen molar-refractivity contribution in [2.45, 2.75) is 38.5 Å². The highest BCUT2D eigenvalue weighted by atomic mass is 16.5. The van der Waals surface area contributed by atoms with E-state index in [0.717, 1.165) is 25.9 Å². The second-order valence-electron chi connectivity index (χ2n) is 5.94. The van der Waals surface area contributed by atoms with Crippen molar-refractivity contribution in [3.8, 4) is 0 Å². The molecule has 0 aromatic heterocycles. The van der Waals surface area contributed by atoms with Gasteiger partial charge in [0.2, 0.25) is 5.91 Å². The normalized spacial score (nSPS) is 28.1. The summed E-state index contributed by atoms with van der Waals surface area (Å²) in [5.41, 5.74) is 0.189. The fourth-order valence-electron chi connectivity index (χ4n) is 3.03. The molecule has 0 aromatic rings. The van der Waals surface area contributed by atoms with Crippen molar-refractivity contribution in [3.63, 3.8) is 0 Å². The zero-order valence-corrected chi connectivity index (χ0v) is 11.5. The Hall–Kier alpha value is -1.10. The van der Waals surface area contributed by atoms with E-state index >= 15 is 0 Å². The van der Waals surface area contributed by atoms with Crippen molar-refractivity contribution in [1.82, 2.24) is 5.32 Å². The smallest absolute Gasteiger partial charge is 0.307 e. The zero-order valence-electron chi connectivity index (χ0n) is 11.5. The zero-order chi connectivity index (χ0) is 13.9. The Morgan fingerprint density at radius 2 is 2.00 bits per heavy atom. The van der Waals surface area contributed by atoms with Crippen LogP contribution in [0, 0.1) is 17.3 Å². The molecule has 2 atom stereocenters. The van der Waals surface area contributed by atoms with E-state index in [9.17, 15) is 9.59 Å². The molecular weight excluding hydrogens is 246 g/mol. The fourth-order valence-corrected chi connectivity index (χ4v) is 3.03. The van der Waals surface area contributed by atoms with Crippen LogP contribution in [0.15, 0.2) is 0 Å². The van der Waals surface area contributed by atoms with Gasteiger partial charge in [0.15, 0.2) is 0 Å². The van der Waals surface area contributed by atoms with Gasteiger partial charge >= 0.3 is 5.97 Å². The Kier molecular flexibility index (Phi) is 4.45. The first kappa shape index (κ1) is 14.3. The number of carboxylic acids is 1. The van der Waals surface area contributed by atoms with E-state index in [4.69, 9.17) is 9.84 Å². The number of aliphatic carboxylic acids is 1. The van der Waals surface area contributed by atoms with Crippen molar-refractivity contribution < 1.29 is 19.4 Å². The second kappa shape index (κ2) is 5.90. The maximum atomic E-state index is 12.0. The molecule has 2 N–H and O–H groups in total. The van der Waals surface area contributed by atoms with Crippen LogP contribution in [-0.4, -0.2) is 37.2 Å². The molecule has 0 radical (unpaired) electrons. The molecule has 108 valence electrons. The molecule has 0 aromatic carbocycles. The Balaban J connectivity index is 1.78. The van der Waals surface area contributed by atoms with Gasteiger partial charge in [-0.1, -0.05) is 6.42 Å². The largest absolute Gasteiger partial charge is 0.481 e. The first-order valence-electron chi connectivity index (χ1n) is 7.07. The predicted octanol–water partition coefficient (Wildman–Crippen LogP) is 1.42. The van der Waals surface area contributed by atoms with Gasteiger partial charge in [-0.3, -0.25) is 9.59 Å². The van der Waals surface area contributed by atoms with Crippen LogP contribution in [0.25, 0.3) is 0 Å². The number of carbonyl (C=O) groups is 2. The van der Waals surface area contributed by atoms with Gasteiger partial charge in [-0.25, -0.2) is 0 Å². The van der Waals surface area contributed by atoms with Gasteiger partial charge in [0, 0.05) is 20.3 Å². The molecule has 2 rings (SSSR count). The average molecular weight is 269 g/mol. The van der Waals surface area contributed by atoms with Crippen molar-refractivity contribution in [2.24, 2.45) is 17.3 Å². The number of methoxy groups -OCH3 is 1. The third kappa shape index (κ3) is 3.08. The maximum absolute atomic E-state index is 12.0. The summed E-state index contributed by atoms with van der Waals surface area (Å²) in [6, 6.07) is 0. The van der Waals surface area contributed by atoms with Crippen LogP contribution in [0.4, 0.5) is 0 Å². The molecule has 19 heavy (non-hydrogen) atoms. The Morgan fingerprint density at radius 3 is 2.42 bits per heavy atom.